The predicted octanol–water partition coefficient (Wildman–Crippen LogP) is 5.75. The molecule has 3 aromatic carbocycles. The zero-order valence-electron chi connectivity index (χ0n) is 24.6. The molecule has 1 N–H and O–H groups in total. The summed E-state index contributed by atoms with van der Waals surface area (Å²) < 4.78 is 12.5. The molecule has 10 nitrogen and oxygen atoms in total. The van der Waals surface area contributed by atoms with E-state index in [2.05, 4.69) is 15.5 Å². The van der Waals surface area contributed by atoms with E-state index in [-0.39, 0.29) is 30.2 Å². The third kappa shape index (κ3) is 6.76. The molecule has 0 radical (unpaired) electrons. The molecule has 1 aliphatic rings. The minimum absolute atomic E-state index is 0.0819. The van der Waals surface area contributed by atoms with Crippen LogP contribution in [-0.2, 0) is 11.3 Å². The van der Waals surface area contributed by atoms with Gasteiger partial charge in [0.05, 0.1) is 43.1 Å². The molecule has 0 saturated heterocycles. The largest absolute Gasteiger partial charge is 0.497 e. The Morgan fingerprint density at radius 3 is 2.29 bits per heavy atom. The van der Waals surface area contributed by atoms with Crippen LogP contribution in [0.2, 0.25) is 0 Å². The summed E-state index contributed by atoms with van der Waals surface area (Å²) in [5.74, 6) is 1.78. The van der Waals surface area contributed by atoms with Gasteiger partial charge in [-0.05, 0) is 71.1 Å². The van der Waals surface area contributed by atoms with Crippen molar-refractivity contribution in [1.82, 2.24) is 25.1 Å². The van der Waals surface area contributed by atoms with Crippen molar-refractivity contribution >= 4 is 40.6 Å². The maximum Gasteiger partial charge on any atom is 0.261 e. The monoisotopic (exact) mass is 638 g/mol. The molecule has 228 valence electrons. The second kappa shape index (κ2) is 13.8. The summed E-state index contributed by atoms with van der Waals surface area (Å²) in [7, 11) is 3.25. The first kappa shape index (κ1) is 30.1. The average molecular weight is 639 g/mol. The third-order valence-electron chi connectivity index (χ3n) is 7.28. The number of amides is 2. The van der Waals surface area contributed by atoms with E-state index in [9.17, 15) is 9.59 Å². The Morgan fingerprint density at radius 1 is 0.911 bits per heavy atom. The van der Waals surface area contributed by atoms with E-state index >= 15 is 0 Å². The molecular formula is C33H30N6O4S2. The normalized spacial score (nSPS) is 14.2. The summed E-state index contributed by atoms with van der Waals surface area (Å²) >= 11 is 2.65. The van der Waals surface area contributed by atoms with Crippen LogP contribution in [0.25, 0.3) is 5.69 Å². The van der Waals surface area contributed by atoms with Crippen molar-refractivity contribution in [2.24, 2.45) is 5.10 Å². The lowest BCUT2D eigenvalue weighted by molar-refractivity contribution is -0.130. The first-order valence-corrected chi connectivity index (χ1v) is 16.0. The summed E-state index contributed by atoms with van der Waals surface area (Å²) in [6, 6.07) is 28.3. The van der Waals surface area contributed by atoms with Crippen molar-refractivity contribution in [3.05, 3.63) is 118 Å². The smallest absolute Gasteiger partial charge is 0.261 e. The van der Waals surface area contributed by atoms with Gasteiger partial charge in [0.15, 0.2) is 11.0 Å². The second-order valence-electron chi connectivity index (χ2n) is 10.0. The highest BCUT2D eigenvalue weighted by Gasteiger charge is 2.33. The second-order valence-corrected chi connectivity index (χ2v) is 11.9. The molecule has 0 saturated carbocycles. The number of ether oxygens (including phenoxy) is 2. The van der Waals surface area contributed by atoms with E-state index < -0.39 is 0 Å². The van der Waals surface area contributed by atoms with Crippen LogP contribution in [0.15, 0.2) is 107 Å². The number of aromatic nitrogens is 3. The Kier molecular flexibility index (Phi) is 9.22. The van der Waals surface area contributed by atoms with E-state index in [1.807, 2.05) is 94.9 Å². The van der Waals surface area contributed by atoms with E-state index in [1.165, 1.54) is 23.1 Å². The minimum atomic E-state index is -0.281. The lowest BCUT2D eigenvalue weighted by atomic mass is 9.98. The fourth-order valence-corrected chi connectivity index (χ4v) is 6.44. The van der Waals surface area contributed by atoms with E-state index in [0.29, 0.717) is 22.3 Å². The first-order chi connectivity index (χ1) is 22.0. The number of benzene rings is 3. The van der Waals surface area contributed by atoms with Crippen LogP contribution in [0.5, 0.6) is 11.5 Å². The molecule has 0 spiro atoms. The summed E-state index contributed by atoms with van der Waals surface area (Å²) in [5.41, 5.74) is 3.52. The predicted molar refractivity (Wildman–Crippen MR) is 174 cm³/mol. The van der Waals surface area contributed by atoms with Gasteiger partial charge in [-0.3, -0.25) is 14.2 Å². The topological polar surface area (TPSA) is 111 Å². The molecule has 6 rings (SSSR count). The highest BCUT2D eigenvalue weighted by atomic mass is 32.2. The van der Waals surface area contributed by atoms with Crippen molar-refractivity contribution in [2.45, 2.75) is 24.2 Å². The van der Waals surface area contributed by atoms with Crippen LogP contribution in [-0.4, -0.2) is 57.3 Å². The number of thiophene rings is 1. The van der Waals surface area contributed by atoms with Gasteiger partial charge in [0.25, 0.3) is 11.8 Å². The number of thioether (sulfide) groups is 1. The molecule has 2 aromatic heterocycles. The molecule has 45 heavy (non-hydrogen) atoms. The summed E-state index contributed by atoms with van der Waals surface area (Å²) in [4.78, 5) is 27.1. The maximum atomic E-state index is 13.8. The molecule has 2 amide bonds. The van der Waals surface area contributed by atoms with Crippen LogP contribution in [0.1, 0.15) is 39.1 Å². The van der Waals surface area contributed by atoms with Crippen LogP contribution in [0.3, 0.4) is 0 Å². The standard InChI is InChI=1S/C33H30N6O4S2/c1-42-25-14-10-22(11-15-25)27-19-28(23-12-16-26(43-2)17-13-23)39(37-27)31(40)21-45-33-36-35-30(38(33)24-7-4-3-5-8-24)20-34-32(41)29-9-6-18-44-29/h3-18,28H,19-21H2,1-2H3,(H,34,41). The molecule has 5 aromatic rings. The average Bonchev–Trinajstić information content (AvgIpc) is 3.87. The number of carbonyl (C=O) groups is 2. The fourth-order valence-electron chi connectivity index (χ4n) is 4.98. The van der Waals surface area contributed by atoms with Gasteiger partial charge in [-0.2, -0.15) is 5.10 Å². The molecule has 3 heterocycles. The number of rotatable bonds is 11. The Labute approximate surface area is 268 Å². The quantitative estimate of drug-likeness (QED) is 0.184. The van der Waals surface area contributed by atoms with Crippen molar-refractivity contribution in [2.75, 3.05) is 20.0 Å². The number of hydrazone groups is 1. The Balaban J connectivity index is 1.24. The molecule has 0 bridgehead atoms. The molecule has 0 fully saturated rings. The van der Waals surface area contributed by atoms with Crippen molar-refractivity contribution in [1.29, 1.82) is 0 Å². The van der Waals surface area contributed by atoms with Gasteiger partial charge in [-0.15, -0.1) is 21.5 Å². The molecule has 1 unspecified atom stereocenters. The fraction of sp³-hybridized carbons (Fsp3) is 0.182. The number of carbonyl (C=O) groups excluding carboxylic acids is 2. The molecule has 12 heteroatoms. The highest BCUT2D eigenvalue weighted by Crippen LogP contribution is 2.35. The maximum absolute atomic E-state index is 13.8. The zero-order chi connectivity index (χ0) is 31.2. The van der Waals surface area contributed by atoms with Crippen LogP contribution in [0, 0.1) is 0 Å². The van der Waals surface area contributed by atoms with Crippen molar-refractivity contribution in [3.8, 4) is 17.2 Å². The van der Waals surface area contributed by atoms with Gasteiger partial charge < -0.3 is 14.8 Å². The summed E-state index contributed by atoms with van der Waals surface area (Å²) in [6.07, 6.45) is 0.559. The summed E-state index contributed by atoms with van der Waals surface area (Å²) in [5, 5.41) is 20.5. The molecule has 1 atom stereocenters. The van der Waals surface area contributed by atoms with E-state index in [0.717, 1.165) is 34.0 Å². The van der Waals surface area contributed by atoms with Gasteiger partial charge in [-0.25, -0.2) is 5.01 Å². The lowest BCUT2D eigenvalue weighted by Gasteiger charge is -2.22. The Bertz CT molecular complexity index is 1790. The molecule has 0 aliphatic carbocycles. The number of methoxy groups -OCH3 is 2. The Morgan fingerprint density at radius 2 is 1.62 bits per heavy atom. The van der Waals surface area contributed by atoms with Crippen LogP contribution < -0.4 is 14.8 Å². The van der Waals surface area contributed by atoms with E-state index in [1.54, 1.807) is 25.3 Å². The third-order valence-corrected chi connectivity index (χ3v) is 9.06. The SMILES string of the molecule is COc1ccc(C2=NN(C(=O)CSc3nnc(CNC(=O)c4cccs4)n3-c3ccccc3)C(c3ccc(OC)cc3)C2)cc1. The zero-order valence-corrected chi connectivity index (χ0v) is 26.3. The minimum Gasteiger partial charge on any atom is -0.497 e. The van der Waals surface area contributed by atoms with E-state index in [4.69, 9.17) is 14.6 Å². The number of hydrogen-bond acceptors (Lipinski definition) is 9. The number of hydrogen-bond donors (Lipinski definition) is 1. The highest BCUT2D eigenvalue weighted by molar-refractivity contribution is 7.99. The number of nitrogens with one attached hydrogen (secondary N) is 1. The first-order valence-electron chi connectivity index (χ1n) is 14.2. The molecule has 1 aliphatic heterocycles. The van der Waals surface area contributed by atoms with Gasteiger partial charge in [0.2, 0.25) is 0 Å². The van der Waals surface area contributed by atoms with Gasteiger partial charge in [0, 0.05) is 12.1 Å². The van der Waals surface area contributed by atoms with Crippen LogP contribution >= 0.6 is 23.1 Å². The van der Waals surface area contributed by atoms with Crippen LogP contribution in [0.4, 0.5) is 0 Å². The van der Waals surface area contributed by atoms with Gasteiger partial charge >= 0.3 is 0 Å². The Hall–Kier alpha value is -4.94. The number of nitrogens with zero attached hydrogens (tertiary/aromatic N) is 5. The lowest BCUT2D eigenvalue weighted by Crippen LogP contribution is -2.28. The number of para-hydroxylation sites is 1. The summed E-state index contributed by atoms with van der Waals surface area (Å²) in [6.45, 7) is 0.175. The van der Waals surface area contributed by atoms with Gasteiger partial charge in [0.1, 0.15) is 11.5 Å². The van der Waals surface area contributed by atoms with Gasteiger partial charge in [-0.1, -0.05) is 48.2 Å². The van der Waals surface area contributed by atoms with Crippen molar-refractivity contribution in [3.63, 3.8) is 0 Å². The molecular weight excluding hydrogens is 609 g/mol. The van der Waals surface area contributed by atoms with Crippen molar-refractivity contribution < 1.29 is 19.1 Å².